The van der Waals surface area contributed by atoms with Gasteiger partial charge in [0.15, 0.2) is 0 Å². The summed E-state index contributed by atoms with van der Waals surface area (Å²) in [6, 6.07) is 11.7. The quantitative estimate of drug-likeness (QED) is 0.830. The largest absolute Gasteiger partial charge is 0.322 e. The first kappa shape index (κ1) is 14.1. The SMILES string of the molecule is CSc1ccc(NC(=O)c2cc(Br)ccc2F)cc1. The van der Waals surface area contributed by atoms with Gasteiger partial charge in [0.1, 0.15) is 5.82 Å². The molecular formula is C14H11BrFNOS. The van der Waals surface area contributed by atoms with Gasteiger partial charge in [-0.2, -0.15) is 0 Å². The normalized spacial score (nSPS) is 10.3. The number of carbonyl (C=O) groups is 1. The van der Waals surface area contributed by atoms with Crippen molar-refractivity contribution in [3.8, 4) is 0 Å². The summed E-state index contributed by atoms with van der Waals surface area (Å²) < 4.78 is 14.2. The highest BCUT2D eigenvalue weighted by molar-refractivity contribution is 9.10. The fraction of sp³-hybridized carbons (Fsp3) is 0.0714. The van der Waals surface area contributed by atoms with Crippen LogP contribution in [0, 0.1) is 5.82 Å². The molecule has 0 aromatic heterocycles. The van der Waals surface area contributed by atoms with Crippen LogP contribution in [0.2, 0.25) is 0 Å². The van der Waals surface area contributed by atoms with E-state index in [1.807, 2.05) is 18.4 Å². The lowest BCUT2D eigenvalue weighted by molar-refractivity contribution is 0.102. The molecule has 2 rings (SSSR count). The Morgan fingerprint density at radius 3 is 2.53 bits per heavy atom. The molecule has 0 aliphatic rings. The van der Waals surface area contributed by atoms with Gasteiger partial charge in [0.05, 0.1) is 5.56 Å². The molecule has 0 aliphatic heterocycles. The highest BCUT2D eigenvalue weighted by Crippen LogP contribution is 2.20. The van der Waals surface area contributed by atoms with E-state index in [0.29, 0.717) is 10.2 Å². The number of amides is 1. The van der Waals surface area contributed by atoms with Crippen LogP contribution in [0.15, 0.2) is 51.8 Å². The lowest BCUT2D eigenvalue weighted by atomic mass is 10.2. The van der Waals surface area contributed by atoms with Gasteiger partial charge >= 0.3 is 0 Å². The van der Waals surface area contributed by atoms with E-state index in [2.05, 4.69) is 21.2 Å². The highest BCUT2D eigenvalue weighted by atomic mass is 79.9. The average molecular weight is 340 g/mol. The molecule has 19 heavy (non-hydrogen) atoms. The molecule has 1 amide bonds. The summed E-state index contributed by atoms with van der Waals surface area (Å²) in [5.74, 6) is -1.00. The van der Waals surface area contributed by atoms with E-state index < -0.39 is 11.7 Å². The Kier molecular flexibility index (Phi) is 4.61. The van der Waals surface area contributed by atoms with Gasteiger partial charge in [-0.1, -0.05) is 15.9 Å². The minimum Gasteiger partial charge on any atom is -0.322 e. The van der Waals surface area contributed by atoms with Crippen molar-refractivity contribution in [2.45, 2.75) is 4.90 Å². The van der Waals surface area contributed by atoms with E-state index in [9.17, 15) is 9.18 Å². The molecule has 5 heteroatoms. The number of hydrogen-bond donors (Lipinski definition) is 1. The molecule has 2 nitrogen and oxygen atoms in total. The fourth-order valence-electron chi connectivity index (χ4n) is 1.54. The molecule has 0 heterocycles. The minimum absolute atomic E-state index is 0.0170. The zero-order valence-corrected chi connectivity index (χ0v) is 12.5. The monoisotopic (exact) mass is 339 g/mol. The number of hydrogen-bond acceptors (Lipinski definition) is 2. The van der Waals surface area contributed by atoms with Gasteiger partial charge in [-0.3, -0.25) is 4.79 Å². The van der Waals surface area contributed by atoms with Crippen molar-refractivity contribution < 1.29 is 9.18 Å². The number of carbonyl (C=O) groups excluding carboxylic acids is 1. The Hall–Kier alpha value is -1.33. The molecule has 0 atom stereocenters. The first-order valence-electron chi connectivity index (χ1n) is 5.50. The molecule has 0 aliphatic carbocycles. The molecule has 0 spiro atoms. The number of rotatable bonds is 3. The van der Waals surface area contributed by atoms with Gasteiger partial charge in [-0.05, 0) is 48.7 Å². The van der Waals surface area contributed by atoms with Crippen LogP contribution in [0.4, 0.5) is 10.1 Å². The zero-order valence-electron chi connectivity index (χ0n) is 10.1. The smallest absolute Gasteiger partial charge is 0.258 e. The number of nitrogens with one attached hydrogen (secondary N) is 1. The van der Waals surface area contributed by atoms with E-state index >= 15 is 0 Å². The van der Waals surface area contributed by atoms with Crippen LogP contribution in [-0.4, -0.2) is 12.2 Å². The van der Waals surface area contributed by atoms with E-state index in [-0.39, 0.29) is 5.56 Å². The summed E-state index contributed by atoms with van der Waals surface area (Å²) in [6.07, 6.45) is 1.98. The van der Waals surface area contributed by atoms with Crippen LogP contribution in [0.3, 0.4) is 0 Å². The lowest BCUT2D eigenvalue weighted by Crippen LogP contribution is -2.13. The molecule has 0 saturated heterocycles. The molecule has 2 aromatic carbocycles. The van der Waals surface area contributed by atoms with Crippen LogP contribution in [0.25, 0.3) is 0 Å². The van der Waals surface area contributed by atoms with Crippen LogP contribution < -0.4 is 5.32 Å². The van der Waals surface area contributed by atoms with Crippen molar-refractivity contribution in [3.05, 3.63) is 58.3 Å². The molecule has 98 valence electrons. The second-order valence-corrected chi connectivity index (χ2v) is 5.60. The first-order chi connectivity index (χ1) is 9.10. The van der Waals surface area contributed by atoms with Gasteiger partial charge < -0.3 is 5.32 Å². The third-order valence-electron chi connectivity index (χ3n) is 2.52. The fourth-order valence-corrected chi connectivity index (χ4v) is 2.31. The van der Waals surface area contributed by atoms with Gasteiger partial charge in [0.2, 0.25) is 0 Å². The maximum absolute atomic E-state index is 13.6. The summed E-state index contributed by atoms with van der Waals surface area (Å²) in [5, 5.41) is 2.67. The summed E-state index contributed by atoms with van der Waals surface area (Å²) in [7, 11) is 0. The second-order valence-electron chi connectivity index (χ2n) is 3.81. The molecule has 0 radical (unpaired) electrons. The molecule has 0 bridgehead atoms. The molecule has 0 saturated carbocycles. The van der Waals surface area contributed by atoms with Crippen LogP contribution in [0.5, 0.6) is 0 Å². The highest BCUT2D eigenvalue weighted by Gasteiger charge is 2.12. The number of benzene rings is 2. The van der Waals surface area contributed by atoms with Crippen molar-refractivity contribution in [1.82, 2.24) is 0 Å². The standard InChI is InChI=1S/C14H11BrFNOS/c1-19-11-5-3-10(4-6-11)17-14(18)12-8-9(15)2-7-13(12)16/h2-8H,1H3,(H,17,18). The van der Waals surface area contributed by atoms with Crippen molar-refractivity contribution >= 4 is 39.3 Å². The Morgan fingerprint density at radius 2 is 1.89 bits per heavy atom. The first-order valence-corrected chi connectivity index (χ1v) is 7.52. The summed E-state index contributed by atoms with van der Waals surface area (Å²) in [5.41, 5.74) is 0.658. The van der Waals surface area contributed by atoms with Gasteiger partial charge in [0.25, 0.3) is 5.91 Å². The number of thioether (sulfide) groups is 1. The molecular weight excluding hydrogens is 329 g/mol. The van der Waals surface area contributed by atoms with E-state index in [4.69, 9.17) is 0 Å². The van der Waals surface area contributed by atoms with E-state index in [1.54, 1.807) is 30.0 Å². The third kappa shape index (κ3) is 3.58. The maximum Gasteiger partial charge on any atom is 0.258 e. The van der Waals surface area contributed by atoms with E-state index in [0.717, 1.165) is 4.90 Å². The van der Waals surface area contributed by atoms with Gasteiger partial charge in [-0.15, -0.1) is 11.8 Å². The molecule has 0 fully saturated rings. The van der Waals surface area contributed by atoms with Crippen LogP contribution in [0.1, 0.15) is 10.4 Å². The Bertz CT molecular complexity index is 601. The Balaban J connectivity index is 2.18. The van der Waals surface area contributed by atoms with Gasteiger partial charge in [-0.25, -0.2) is 4.39 Å². The summed E-state index contributed by atoms with van der Waals surface area (Å²) in [4.78, 5) is 13.1. The topological polar surface area (TPSA) is 29.1 Å². The molecule has 2 aromatic rings. The maximum atomic E-state index is 13.6. The number of halogens is 2. The summed E-state index contributed by atoms with van der Waals surface area (Å²) >= 11 is 4.84. The van der Waals surface area contributed by atoms with Crippen molar-refractivity contribution in [1.29, 1.82) is 0 Å². The second kappa shape index (κ2) is 6.21. The van der Waals surface area contributed by atoms with E-state index in [1.165, 1.54) is 12.1 Å². The predicted octanol–water partition coefficient (Wildman–Crippen LogP) is 4.56. The third-order valence-corrected chi connectivity index (χ3v) is 3.76. The number of anilines is 1. The predicted molar refractivity (Wildman–Crippen MR) is 80.3 cm³/mol. The average Bonchev–Trinajstić information content (AvgIpc) is 2.42. The van der Waals surface area contributed by atoms with Crippen molar-refractivity contribution in [2.75, 3.05) is 11.6 Å². The van der Waals surface area contributed by atoms with Crippen LogP contribution >= 0.6 is 27.7 Å². The van der Waals surface area contributed by atoms with Crippen molar-refractivity contribution in [2.24, 2.45) is 0 Å². The molecule has 0 unspecified atom stereocenters. The Morgan fingerprint density at radius 1 is 1.21 bits per heavy atom. The van der Waals surface area contributed by atoms with Crippen molar-refractivity contribution in [3.63, 3.8) is 0 Å². The minimum atomic E-state index is -0.540. The zero-order chi connectivity index (χ0) is 13.8. The summed E-state index contributed by atoms with van der Waals surface area (Å²) in [6.45, 7) is 0. The Labute approximate surface area is 123 Å². The lowest BCUT2D eigenvalue weighted by Gasteiger charge is -2.07. The van der Waals surface area contributed by atoms with Gasteiger partial charge in [0, 0.05) is 15.1 Å². The molecule has 1 N–H and O–H groups in total. The van der Waals surface area contributed by atoms with Crippen LogP contribution in [-0.2, 0) is 0 Å².